The summed E-state index contributed by atoms with van der Waals surface area (Å²) < 4.78 is 0.910. The molecule has 2 rings (SSSR count). The summed E-state index contributed by atoms with van der Waals surface area (Å²) in [5.74, 6) is 0.690. The van der Waals surface area contributed by atoms with Crippen LogP contribution in [0.2, 0.25) is 0 Å². The molecule has 1 aromatic carbocycles. The second-order valence-electron chi connectivity index (χ2n) is 3.52. The number of hydrogen-bond acceptors (Lipinski definition) is 4. The van der Waals surface area contributed by atoms with Crippen molar-refractivity contribution in [1.82, 2.24) is 15.2 Å². The number of rotatable bonds is 2. The molecule has 0 radical (unpaired) electrons. The molecule has 2 N–H and O–H groups in total. The van der Waals surface area contributed by atoms with E-state index in [-0.39, 0.29) is 6.04 Å². The summed E-state index contributed by atoms with van der Waals surface area (Å²) in [6.07, 6.45) is 0.648. The van der Waals surface area contributed by atoms with Crippen molar-refractivity contribution in [3.8, 4) is 0 Å². The Hall–Kier alpha value is -1.07. The molecule has 4 nitrogen and oxygen atoms in total. The predicted octanol–water partition coefficient (Wildman–Crippen LogP) is 1.68. The van der Waals surface area contributed by atoms with Gasteiger partial charge in [0.15, 0.2) is 5.82 Å². The number of benzene rings is 1. The van der Waals surface area contributed by atoms with E-state index in [0.29, 0.717) is 12.2 Å². The van der Waals surface area contributed by atoms with Gasteiger partial charge in [-0.2, -0.15) is 0 Å². The van der Waals surface area contributed by atoms with Crippen molar-refractivity contribution in [2.45, 2.75) is 19.4 Å². The number of hydrogen-bond donors (Lipinski definition) is 1. The van der Waals surface area contributed by atoms with Crippen molar-refractivity contribution >= 4 is 27.0 Å². The molecule has 0 aliphatic heterocycles. The summed E-state index contributed by atoms with van der Waals surface area (Å²) in [4.78, 5) is 4.39. The molecule has 2 aromatic rings. The largest absolute Gasteiger partial charge is 0.328 e. The van der Waals surface area contributed by atoms with Gasteiger partial charge in [-0.3, -0.25) is 0 Å². The van der Waals surface area contributed by atoms with E-state index in [4.69, 9.17) is 5.73 Å². The van der Waals surface area contributed by atoms with Gasteiger partial charge in [-0.1, -0.05) is 6.07 Å². The average molecular weight is 267 g/mol. The number of aromatic nitrogens is 3. The molecular formula is C10H11BrN4. The first-order chi connectivity index (χ1) is 7.16. The summed E-state index contributed by atoms with van der Waals surface area (Å²) >= 11 is 3.41. The smallest absolute Gasteiger partial charge is 0.153 e. The lowest BCUT2D eigenvalue weighted by Crippen LogP contribution is -2.19. The molecule has 0 spiro atoms. The molecule has 78 valence electrons. The number of halogens is 1. The summed E-state index contributed by atoms with van der Waals surface area (Å²) in [7, 11) is 0. The Morgan fingerprint density at radius 2 is 2.20 bits per heavy atom. The Labute approximate surface area is 96.0 Å². The van der Waals surface area contributed by atoms with E-state index < -0.39 is 0 Å². The van der Waals surface area contributed by atoms with Gasteiger partial charge in [0, 0.05) is 16.9 Å². The van der Waals surface area contributed by atoms with Gasteiger partial charge >= 0.3 is 0 Å². The third-order valence-corrected chi connectivity index (χ3v) is 2.62. The molecular weight excluding hydrogens is 256 g/mol. The summed E-state index contributed by atoms with van der Waals surface area (Å²) in [6.45, 7) is 1.93. The number of nitrogens with two attached hydrogens (primary N) is 1. The first-order valence-corrected chi connectivity index (χ1v) is 5.49. The van der Waals surface area contributed by atoms with Crippen LogP contribution in [-0.2, 0) is 6.42 Å². The van der Waals surface area contributed by atoms with Gasteiger partial charge in [0.1, 0.15) is 5.52 Å². The molecule has 0 aliphatic rings. The van der Waals surface area contributed by atoms with Crippen LogP contribution in [0.5, 0.6) is 0 Å². The van der Waals surface area contributed by atoms with Crippen LogP contribution in [0.25, 0.3) is 11.0 Å². The Kier molecular flexibility index (Phi) is 2.93. The highest BCUT2D eigenvalue weighted by Crippen LogP contribution is 2.19. The predicted molar refractivity (Wildman–Crippen MR) is 62.4 cm³/mol. The minimum atomic E-state index is 0.0522. The van der Waals surface area contributed by atoms with Crippen molar-refractivity contribution in [3.63, 3.8) is 0 Å². The van der Waals surface area contributed by atoms with Crippen LogP contribution in [-0.4, -0.2) is 21.2 Å². The van der Waals surface area contributed by atoms with Crippen LogP contribution in [0.3, 0.4) is 0 Å². The molecule has 15 heavy (non-hydrogen) atoms. The second-order valence-corrected chi connectivity index (χ2v) is 4.37. The zero-order chi connectivity index (χ0) is 10.8. The van der Waals surface area contributed by atoms with Crippen LogP contribution >= 0.6 is 15.9 Å². The Bertz CT molecular complexity index is 484. The van der Waals surface area contributed by atoms with E-state index >= 15 is 0 Å². The molecule has 0 saturated carbocycles. The topological polar surface area (TPSA) is 64.7 Å². The van der Waals surface area contributed by atoms with Crippen molar-refractivity contribution in [2.75, 3.05) is 0 Å². The first-order valence-electron chi connectivity index (χ1n) is 4.70. The fraction of sp³-hybridized carbons (Fsp3) is 0.300. The first kappa shape index (κ1) is 10.4. The van der Waals surface area contributed by atoms with Gasteiger partial charge in [0.25, 0.3) is 0 Å². The lowest BCUT2D eigenvalue weighted by molar-refractivity contribution is 0.692. The standard InChI is InChI=1S/C10H11BrN4/c1-6(12)5-9-13-8-4-2-3-7(11)10(8)15-14-9/h2-4,6H,5,12H2,1H3. The van der Waals surface area contributed by atoms with Gasteiger partial charge in [-0.25, -0.2) is 4.98 Å². The molecule has 1 atom stereocenters. The highest BCUT2D eigenvalue weighted by Gasteiger charge is 2.05. The van der Waals surface area contributed by atoms with Gasteiger partial charge < -0.3 is 5.73 Å². The normalized spacial score (nSPS) is 13.0. The number of fused-ring (bicyclic) bond motifs is 1. The Balaban J connectivity index is 2.48. The van der Waals surface area contributed by atoms with Crippen molar-refractivity contribution in [3.05, 3.63) is 28.5 Å². The summed E-state index contributed by atoms with van der Waals surface area (Å²) in [6, 6.07) is 5.82. The molecule has 0 fully saturated rings. The van der Waals surface area contributed by atoms with E-state index in [0.717, 1.165) is 15.5 Å². The highest BCUT2D eigenvalue weighted by atomic mass is 79.9. The molecule has 1 heterocycles. The molecule has 0 bridgehead atoms. The Morgan fingerprint density at radius 1 is 1.40 bits per heavy atom. The molecule has 1 aromatic heterocycles. The monoisotopic (exact) mass is 266 g/mol. The lowest BCUT2D eigenvalue weighted by atomic mass is 10.2. The summed E-state index contributed by atoms with van der Waals surface area (Å²) in [5.41, 5.74) is 7.31. The van der Waals surface area contributed by atoms with Gasteiger partial charge in [0.2, 0.25) is 0 Å². The second kappa shape index (κ2) is 4.20. The zero-order valence-corrected chi connectivity index (χ0v) is 9.90. The fourth-order valence-electron chi connectivity index (χ4n) is 1.34. The molecule has 0 saturated heterocycles. The average Bonchev–Trinajstić information content (AvgIpc) is 2.17. The highest BCUT2D eigenvalue weighted by molar-refractivity contribution is 9.10. The zero-order valence-electron chi connectivity index (χ0n) is 8.31. The molecule has 5 heteroatoms. The minimum Gasteiger partial charge on any atom is -0.328 e. The quantitative estimate of drug-likeness (QED) is 0.899. The molecule has 1 unspecified atom stereocenters. The van der Waals surface area contributed by atoms with Crippen LogP contribution in [0.1, 0.15) is 12.7 Å². The van der Waals surface area contributed by atoms with Crippen LogP contribution < -0.4 is 5.73 Å². The maximum Gasteiger partial charge on any atom is 0.153 e. The van der Waals surface area contributed by atoms with Gasteiger partial charge in [0.05, 0.1) is 5.52 Å². The van der Waals surface area contributed by atoms with Gasteiger partial charge in [-0.15, -0.1) is 10.2 Å². The van der Waals surface area contributed by atoms with Crippen LogP contribution in [0.15, 0.2) is 22.7 Å². The van der Waals surface area contributed by atoms with Gasteiger partial charge in [-0.05, 0) is 35.0 Å². The van der Waals surface area contributed by atoms with Crippen molar-refractivity contribution in [1.29, 1.82) is 0 Å². The SMILES string of the molecule is CC(N)Cc1nnc2c(Br)cccc2n1. The van der Waals surface area contributed by atoms with E-state index in [1.54, 1.807) is 0 Å². The maximum absolute atomic E-state index is 5.68. The lowest BCUT2D eigenvalue weighted by Gasteiger charge is -2.04. The molecule has 0 aliphatic carbocycles. The minimum absolute atomic E-state index is 0.0522. The van der Waals surface area contributed by atoms with E-state index in [1.165, 1.54) is 0 Å². The summed E-state index contributed by atoms with van der Waals surface area (Å²) in [5, 5.41) is 8.16. The fourth-order valence-corrected chi connectivity index (χ4v) is 1.77. The van der Waals surface area contributed by atoms with Crippen LogP contribution in [0, 0.1) is 0 Å². The third kappa shape index (κ3) is 2.30. The van der Waals surface area contributed by atoms with E-state index in [9.17, 15) is 0 Å². The maximum atomic E-state index is 5.68. The van der Waals surface area contributed by atoms with Crippen molar-refractivity contribution < 1.29 is 0 Å². The van der Waals surface area contributed by atoms with Crippen LogP contribution in [0.4, 0.5) is 0 Å². The third-order valence-electron chi connectivity index (χ3n) is 1.98. The van der Waals surface area contributed by atoms with E-state index in [2.05, 4.69) is 31.1 Å². The molecule has 0 amide bonds. The van der Waals surface area contributed by atoms with E-state index in [1.807, 2.05) is 25.1 Å². The Morgan fingerprint density at radius 3 is 2.93 bits per heavy atom. The van der Waals surface area contributed by atoms with Crippen molar-refractivity contribution in [2.24, 2.45) is 5.73 Å². The number of nitrogens with zero attached hydrogens (tertiary/aromatic N) is 3.